The van der Waals surface area contributed by atoms with Crippen molar-refractivity contribution >= 4 is 29.3 Å². The van der Waals surface area contributed by atoms with Crippen LogP contribution in [0.5, 0.6) is 5.75 Å². The van der Waals surface area contributed by atoms with E-state index in [1.165, 1.54) is 11.0 Å². The van der Waals surface area contributed by atoms with Crippen molar-refractivity contribution in [2.24, 2.45) is 5.92 Å². The molecule has 1 heterocycles. The zero-order valence-corrected chi connectivity index (χ0v) is 24.0. The Kier molecular flexibility index (Phi) is 10.0. The Morgan fingerprint density at radius 1 is 1.05 bits per heavy atom. The Labute approximate surface area is 240 Å². The topological polar surface area (TPSA) is 99.8 Å². The van der Waals surface area contributed by atoms with Gasteiger partial charge in [-0.2, -0.15) is 0 Å². The predicted octanol–water partition coefficient (Wildman–Crippen LogP) is 3.25. The van der Waals surface area contributed by atoms with Gasteiger partial charge in [-0.25, -0.2) is 4.39 Å². The van der Waals surface area contributed by atoms with Crippen LogP contribution >= 0.6 is 11.6 Å². The zero-order chi connectivity index (χ0) is 28.8. The van der Waals surface area contributed by atoms with Crippen LogP contribution < -0.4 is 20.7 Å². The molecule has 0 radical (unpaired) electrons. The number of halogens is 2. The fourth-order valence-corrected chi connectivity index (χ4v) is 4.99. The van der Waals surface area contributed by atoms with Crippen LogP contribution in [-0.4, -0.2) is 67.0 Å². The number of likely N-dealkylation sites (N-methyl/N-ethyl adjacent to an activating group) is 1. The Morgan fingerprint density at radius 2 is 1.77 bits per heavy atom. The maximum Gasteiger partial charge on any atom is 0.243 e. The summed E-state index contributed by atoms with van der Waals surface area (Å²) in [6, 6.07) is 9.76. The molecule has 2 aromatic carbocycles. The van der Waals surface area contributed by atoms with E-state index in [1.54, 1.807) is 32.2 Å². The third-order valence-electron chi connectivity index (χ3n) is 7.57. The Balaban J connectivity index is 1.58. The summed E-state index contributed by atoms with van der Waals surface area (Å²) in [5.41, 5.74) is 1.54. The molecule has 0 aromatic heterocycles. The third-order valence-corrected chi connectivity index (χ3v) is 7.82. The van der Waals surface area contributed by atoms with Crippen molar-refractivity contribution in [1.29, 1.82) is 0 Å². The molecule has 1 fully saturated rings. The van der Waals surface area contributed by atoms with Crippen LogP contribution in [0.25, 0.3) is 0 Å². The number of hydrogen-bond acceptors (Lipinski definition) is 5. The summed E-state index contributed by atoms with van der Waals surface area (Å²) in [6.45, 7) is 4.15. The number of benzene rings is 2. The van der Waals surface area contributed by atoms with Crippen molar-refractivity contribution in [3.8, 4) is 5.75 Å². The number of para-hydroxylation sites is 1. The highest BCUT2D eigenvalue weighted by atomic mass is 35.5. The van der Waals surface area contributed by atoms with Gasteiger partial charge in [0.15, 0.2) is 11.6 Å². The highest BCUT2D eigenvalue weighted by molar-refractivity contribution is 6.30. The van der Waals surface area contributed by atoms with Crippen LogP contribution in [-0.2, 0) is 27.2 Å². The first-order valence-electron chi connectivity index (χ1n) is 13.9. The molecule has 3 N–H and O–H groups in total. The second-order valence-corrected chi connectivity index (χ2v) is 11.2. The molecule has 0 saturated heterocycles. The molecule has 3 amide bonds. The first kappa shape index (κ1) is 29.8. The molecular formula is C30H38ClFN4O4. The van der Waals surface area contributed by atoms with E-state index < -0.39 is 36.0 Å². The molecule has 10 heteroatoms. The van der Waals surface area contributed by atoms with Gasteiger partial charge in [-0.1, -0.05) is 35.9 Å². The standard InChI is InChI=1S/C30H38ClFN4O4/c1-18-17-34-26(21-11-12-21)30(39)36(3)19(2)28(37)35-25(16-20-9-13-23(31)14-10-20)29(38)33-15-5-7-22-6-4-8-24(32)27(22)40-18/h4,6,8-10,13-14,18-19,21,25-26,34H,5,7,11-12,15-17H2,1-3H3,(H,33,38)(H,35,37)/t18-,19-,25-,26+/m1/s1. The summed E-state index contributed by atoms with van der Waals surface area (Å²) in [4.78, 5) is 41.5. The van der Waals surface area contributed by atoms with E-state index in [1.807, 2.05) is 25.1 Å². The molecule has 0 bridgehead atoms. The number of nitrogens with zero attached hydrogens (tertiary/aromatic N) is 1. The fourth-order valence-electron chi connectivity index (χ4n) is 4.86. The minimum atomic E-state index is -0.857. The van der Waals surface area contributed by atoms with Gasteiger partial charge in [-0.3, -0.25) is 14.4 Å². The molecule has 40 heavy (non-hydrogen) atoms. The highest BCUT2D eigenvalue weighted by Gasteiger charge is 2.39. The maximum absolute atomic E-state index is 14.8. The number of fused-ring (bicyclic) bond motifs is 1. The first-order chi connectivity index (χ1) is 19.1. The second kappa shape index (κ2) is 13.5. The summed E-state index contributed by atoms with van der Waals surface area (Å²) in [7, 11) is 1.60. The average molecular weight is 573 g/mol. The van der Waals surface area contributed by atoms with Crippen LogP contribution in [0, 0.1) is 11.7 Å². The van der Waals surface area contributed by atoms with Crippen LogP contribution in [0.4, 0.5) is 4.39 Å². The lowest BCUT2D eigenvalue weighted by Crippen LogP contribution is -2.57. The van der Waals surface area contributed by atoms with E-state index in [-0.39, 0.29) is 29.9 Å². The van der Waals surface area contributed by atoms with Gasteiger partial charge < -0.3 is 25.6 Å². The van der Waals surface area contributed by atoms with E-state index in [2.05, 4.69) is 16.0 Å². The maximum atomic E-state index is 14.8. The summed E-state index contributed by atoms with van der Waals surface area (Å²) < 4.78 is 20.8. The van der Waals surface area contributed by atoms with Gasteiger partial charge in [-0.15, -0.1) is 0 Å². The van der Waals surface area contributed by atoms with E-state index >= 15 is 0 Å². The van der Waals surface area contributed by atoms with Crippen molar-refractivity contribution in [3.05, 3.63) is 64.4 Å². The number of aryl methyl sites for hydroxylation is 1. The molecule has 1 saturated carbocycles. The van der Waals surface area contributed by atoms with Crippen LogP contribution in [0.15, 0.2) is 42.5 Å². The summed E-state index contributed by atoms with van der Waals surface area (Å²) in [5.74, 6) is -1.05. The number of ether oxygens (including phenoxy) is 1. The van der Waals surface area contributed by atoms with Crippen molar-refractivity contribution in [1.82, 2.24) is 20.9 Å². The van der Waals surface area contributed by atoms with Gasteiger partial charge in [0.1, 0.15) is 18.2 Å². The molecular weight excluding hydrogens is 535 g/mol. The van der Waals surface area contributed by atoms with Crippen LogP contribution in [0.1, 0.15) is 44.2 Å². The minimum Gasteiger partial charge on any atom is -0.486 e. The third kappa shape index (κ3) is 7.73. The summed E-state index contributed by atoms with van der Waals surface area (Å²) in [5, 5.41) is 9.64. The number of carbonyl (C=O) groups excluding carboxylic acids is 3. The van der Waals surface area contributed by atoms with E-state index in [9.17, 15) is 18.8 Å². The lowest BCUT2D eigenvalue weighted by atomic mass is 10.0. The molecule has 0 unspecified atom stereocenters. The molecule has 1 aliphatic carbocycles. The van der Waals surface area contributed by atoms with E-state index in [0.29, 0.717) is 36.5 Å². The highest BCUT2D eigenvalue weighted by Crippen LogP contribution is 2.34. The summed E-state index contributed by atoms with van der Waals surface area (Å²) >= 11 is 6.02. The van der Waals surface area contributed by atoms with Gasteiger partial charge in [0.05, 0.1) is 6.04 Å². The van der Waals surface area contributed by atoms with Crippen molar-refractivity contribution in [2.45, 2.75) is 70.2 Å². The predicted molar refractivity (Wildman–Crippen MR) is 152 cm³/mol. The molecule has 4 atom stereocenters. The Morgan fingerprint density at radius 3 is 2.48 bits per heavy atom. The molecule has 216 valence electrons. The number of rotatable bonds is 3. The molecule has 1 aliphatic heterocycles. The van der Waals surface area contributed by atoms with E-state index in [4.69, 9.17) is 16.3 Å². The van der Waals surface area contributed by atoms with Gasteiger partial charge in [0, 0.05) is 31.6 Å². The van der Waals surface area contributed by atoms with Crippen LogP contribution in [0.3, 0.4) is 0 Å². The SMILES string of the molecule is C[C@@H]1CN[C@@H](C2CC2)C(=O)N(C)[C@H](C)C(=O)N[C@H](Cc2ccc(Cl)cc2)C(=O)NCCCc2cccc(F)c2O1. The fraction of sp³-hybridized carbons (Fsp3) is 0.500. The lowest BCUT2D eigenvalue weighted by Gasteiger charge is -2.31. The smallest absolute Gasteiger partial charge is 0.243 e. The van der Waals surface area contributed by atoms with Crippen molar-refractivity contribution in [3.63, 3.8) is 0 Å². The quantitative estimate of drug-likeness (QED) is 0.524. The Hall–Kier alpha value is -3.17. The Bertz CT molecular complexity index is 1210. The average Bonchev–Trinajstić information content (AvgIpc) is 3.77. The number of carbonyl (C=O) groups is 3. The van der Waals surface area contributed by atoms with Gasteiger partial charge >= 0.3 is 0 Å². The molecule has 8 nitrogen and oxygen atoms in total. The van der Waals surface area contributed by atoms with Crippen molar-refractivity contribution in [2.75, 3.05) is 20.1 Å². The normalized spacial score (nSPS) is 25.6. The van der Waals surface area contributed by atoms with Gasteiger partial charge in [0.25, 0.3) is 0 Å². The van der Waals surface area contributed by atoms with E-state index in [0.717, 1.165) is 18.4 Å². The molecule has 2 aliphatic rings. The zero-order valence-electron chi connectivity index (χ0n) is 23.2. The second-order valence-electron chi connectivity index (χ2n) is 10.8. The monoisotopic (exact) mass is 572 g/mol. The molecule has 2 aromatic rings. The largest absolute Gasteiger partial charge is 0.486 e. The van der Waals surface area contributed by atoms with Gasteiger partial charge in [-0.05, 0) is 74.8 Å². The minimum absolute atomic E-state index is 0.162. The van der Waals surface area contributed by atoms with Crippen molar-refractivity contribution < 1.29 is 23.5 Å². The first-order valence-corrected chi connectivity index (χ1v) is 14.3. The number of nitrogens with one attached hydrogen (secondary N) is 3. The molecule has 4 rings (SSSR count). The van der Waals surface area contributed by atoms with Crippen LogP contribution in [0.2, 0.25) is 5.02 Å². The molecule has 0 spiro atoms. The number of amides is 3. The number of hydrogen-bond donors (Lipinski definition) is 3. The lowest BCUT2D eigenvalue weighted by molar-refractivity contribution is -0.141. The van der Waals surface area contributed by atoms with Gasteiger partial charge in [0.2, 0.25) is 17.7 Å². The summed E-state index contributed by atoms with van der Waals surface area (Å²) in [6.07, 6.45) is 2.72.